The molecule has 0 nitrogen and oxygen atoms in total. The molecule has 0 saturated carbocycles. The van der Waals surface area contributed by atoms with Crippen LogP contribution in [0.5, 0.6) is 0 Å². The summed E-state index contributed by atoms with van der Waals surface area (Å²) < 4.78 is 0. The first-order chi connectivity index (χ1) is 10.4. The molecule has 0 unspecified atom stereocenters. The Morgan fingerprint density at radius 3 is 0.857 bits per heavy atom. The summed E-state index contributed by atoms with van der Waals surface area (Å²) in [6, 6.07) is 0. The van der Waals surface area contributed by atoms with Crippen molar-refractivity contribution in [3.05, 3.63) is 0 Å². The van der Waals surface area contributed by atoms with E-state index >= 15 is 0 Å². The van der Waals surface area contributed by atoms with Gasteiger partial charge in [0, 0.05) is 0 Å². The van der Waals surface area contributed by atoms with Crippen LogP contribution >= 0.6 is 0 Å². The van der Waals surface area contributed by atoms with Crippen LogP contribution < -0.4 is 0 Å². The van der Waals surface area contributed by atoms with Gasteiger partial charge in [-0.1, -0.05) is 51.9 Å². The van der Waals surface area contributed by atoms with Crippen molar-refractivity contribution in [3.8, 4) is 0 Å². The fraction of sp³-hybridized carbons (Fsp3) is 1.00. The van der Waals surface area contributed by atoms with Crippen molar-refractivity contribution in [1.82, 2.24) is 0 Å². The van der Waals surface area contributed by atoms with E-state index < -0.39 is 0 Å². The van der Waals surface area contributed by atoms with Crippen molar-refractivity contribution < 1.29 is 0 Å². The van der Waals surface area contributed by atoms with Crippen LogP contribution in [-0.4, -0.2) is 18.6 Å². The summed E-state index contributed by atoms with van der Waals surface area (Å²) in [6.07, 6.45) is 26.6. The number of unbranched alkanes of at least 4 members (excludes halogenated alkanes) is 17. The SMILES string of the molecule is CCCCCCCCCCCCCCCCCCC[CH2][Ga]. The quantitative estimate of drug-likeness (QED) is 0.176. The summed E-state index contributed by atoms with van der Waals surface area (Å²) in [6.45, 7) is 2.30. The molecule has 0 aliphatic carbocycles. The number of hydrogen-bond acceptors (Lipinski definition) is 0. The predicted octanol–water partition coefficient (Wildman–Crippen LogP) is 7.61. The molecule has 0 heterocycles. The van der Waals surface area contributed by atoms with Crippen molar-refractivity contribution in [3.63, 3.8) is 0 Å². The van der Waals surface area contributed by atoms with Gasteiger partial charge in [0.1, 0.15) is 0 Å². The van der Waals surface area contributed by atoms with Crippen molar-refractivity contribution in [1.29, 1.82) is 0 Å². The standard InChI is InChI=1S/C20H41.Ga/c1-3-5-7-9-11-13-15-17-19-20-18-16-14-12-10-8-6-4-2;/h1,3-20H2,2H3;. The van der Waals surface area contributed by atoms with Crippen molar-refractivity contribution in [2.45, 2.75) is 127 Å². The van der Waals surface area contributed by atoms with Gasteiger partial charge < -0.3 is 0 Å². The molecule has 0 aliphatic rings. The molecule has 0 atom stereocenters. The van der Waals surface area contributed by atoms with Crippen LogP contribution in [0.2, 0.25) is 4.98 Å². The van der Waals surface area contributed by atoms with Crippen LogP contribution in [0.25, 0.3) is 0 Å². The molecule has 2 radical (unpaired) electrons. The van der Waals surface area contributed by atoms with E-state index in [0.717, 1.165) is 0 Å². The Morgan fingerprint density at radius 1 is 0.381 bits per heavy atom. The first-order valence-electron chi connectivity index (χ1n) is 10.1. The van der Waals surface area contributed by atoms with E-state index in [0.29, 0.717) is 0 Å². The molecule has 0 spiro atoms. The van der Waals surface area contributed by atoms with E-state index in [9.17, 15) is 0 Å². The summed E-state index contributed by atoms with van der Waals surface area (Å²) in [4.78, 5) is 1.44. The molecule has 0 aromatic heterocycles. The molecule has 0 bridgehead atoms. The molecule has 0 aromatic carbocycles. The summed E-state index contributed by atoms with van der Waals surface area (Å²) in [7, 11) is 0. The van der Waals surface area contributed by atoms with E-state index in [1.807, 2.05) is 18.6 Å². The summed E-state index contributed by atoms with van der Waals surface area (Å²) in [5.74, 6) is 0. The number of rotatable bonds is 18. The minimum atomic E-state index is 1.37. The third kappa shape index (κ3) is 20.6. The molecule has 0 rings (SSSR count). The Bertz CT molecular complexity index is 149. The third-order valence-corrected chi connectivity index (χ3v) is 5.41. The average Bonchev–Trinajstić information content (AvgIpc) is 2.50. The van der Waals surface area contributed by atoms with Gasteiger partial charge in [0.2, 0.25) is 0 Å². The molecule has 0 aliphatic heterocycles. The summed E-state index contributed by atoms with van der Waals surface area (Å²) in [5, 5.41) is 0. The second kappa shape index (κ2) is 20.6. The van der Waals surface area contributed by atoms with Gasteiger partial charge in [-0.25, -0.2) is 0 Å². The van der Waals surface area contributed by atoms with Crippen molar-refractivity contribution in [2.24, 2.45) is 0 Å². The molecular weight excluding hydrogens is 310 g/mol. The monoisotopic (exact) mass is 350 g/mol. The Morgan fingerprint density at radius 2 is 0.619 bits per heavy atom. The molecule has 0 N–H and O–H groups in total. The predicted molar refractivity (Wildman–Crippen MR) is 99.3 cm³/mol. The first kappa shape index (κ1) is 21.6. The van der Waals surface area contributed by atoms with Gasteiger partial charge in [0.15, 0.2) is 0 Å². The molecule has 124 valence electrons. The number of hydrogen-bond donors (Lipinski definition) is 0. The van der Waals surface area contributed by atoms with Gasteiger partial charge in [0.25, 0.3) is 0 Å². The van der Waals surface area contributed by atoms with Gasteiger partial charge in [-0.2, -0.15) is 0 Å². The second-order valence-electron chi connectivity index (χ2n) is 6.80. The molecule has 21 heavy (non-hydrogen) atoms. The van der Waals surface area contributed by atoms with E-state index in [1.165, 1.54) is 121 Å². The zero-order valence-electron chi connectivity index (χ0n) is 15.0. The van der Waals surface area contributed by atoms with Crippen LogP contribution in [0.4, 0.5) is 0 Å². The van der Waals surface area contributed by atoms with Crippen molar-refractivity contribution >= 4 is 18.6 Å². The van der Waals surface area contributed by atoms with Gasteiger partial charge in [-0.3, -0.25) is 0 Å². The second-order valence-corrected chi connectivity index (χ2v) is 8.01. The third-order valence-electron chi connectivity index (χ3n) is 4.56. The molecule has 0 amide bonds. The van der Waals surface area contributed by atoms with Gasteiger partial charge >= 0.3 is 94.2 Å². The summed E-state index contributed by atoms with van der Waals surface area (Å²) in [5.41, 5.74) is 0. The molecule has 0 saturated heterocycles. The minimum absolute atomic E-state index is 1.37. The maximum absolute atomic E-state index is 2.30. The van der Waals surface area contributed by atoms with Crippen LogP contribution in [0.15, 0.2) is 0 Å². The first-order valence-corrected chi connectivity index (χ1v) is 11.8. The molecule has 1 heteroatoms. The van der Waals surface area contributed by atoms with Crippen LogP contribution in [0, 0.1) is 0 Å². The van der Waals surface area contributed by atoms with Crippen LogP contribution in [0.1, 0.15) is 122 Å². The molecular formula is C20H41Ga. The molecule has 0 fully saturated rings. The van der Waals surface area contributed by atoms with E-state index in [-0.39, 0.29) is 0 Å². The van der Waals surface area contributed by atoms with Crippen LogP contribution in [-0.2, 0) is 0 Å². The summed E-state index contributed by atoms with van der Waals surface area (Å²) >= 11 is 1.90. The fourth-order valence-electron chi connectivity index (χ4n) is 3.05. The van der Waals surface area contributed by atoms with Gasteiger partial charge in [-0.15, -0.1) is 0 Å². The Hall–Kier alpha value is 0.636. The van der Waals surface area contributed by atoms with E-state index in [2.05, 4.69) is 6.92 Å². The Kier molecular flexibility index (Phi) is 21.3. The van der Waals surface area contributed by atoms with Gasteiger partial charge in [-0.05, 0) is 0 Å². The zero-order valence-corrected chi connectivity index (χ0v) is 17.4. The Balaban J connectivity index is 2.90. The fourth-order valence-corrected chi connectivity index (χ4v) is 3.65. The zero-order chi connectivity index (χ0) is 15.4. The maximum atomic E-state index is 2.30. The van der Waals surface area contributed by atoms with Gasteiger partial charge in [0.05, 0.1) is 0 Å². The van der Waals surface area contributed by atoms with Crippen LogP contribution in [0.3, 0.4) is 0 Å². The topological polar surface area (TPSA) is 0 Å². The average molecular weight is 351 g/mol. The van der Waals surface area contributed by atoms with Crippen molar-refractivity contribution in [2.75, 3.05) is 0 Å². The normalized spacial score (nSPS) is 11.1. The van der Waals surface area contributed by atoms with E-state index in [1.54, 1.807) is 0 Å². The Labute approximate surface area is 146 Å². The molecule has 0 aromatic rings. The van der Waals surface area contributed by atoms with E-state index in [4.69, 9.17) is 0 Å².